The highest BCUT2D eigenvalue weighted by molar-refractivity contribution is 5.54. The van der Waals surface area contributed by atoms with Crippen molar-refractivity contribution in [1.29, 1.82) is 0 Å². The van der Waals surface area contributed by atoms with Gasteiger partial charge in [-0.15, -0.1) is 5.11 Å². The van der Waals surface area contributed by atoms with Crippen molar-refractivity contribution in [3.63, 3.8) is 0 Å². The van der Waals surface area contributed by atoms with E-state index in [2.05, 4.69) is 10.2 Å². The Hall–Kier alpha value is -2.36. The number of rotatable bonds is 3. The number of benzene rings is 2. The molecule has 0 spiro atoms. The normalized spacial score (nSPS) is 10.8. The van der Waals surface area contributed by atoms with E-state index in [4.69, 9.17) is 4.74 Å². The van der Waals surface area contributed by atoms with Gasteiger partial charge in [0.15, 0.2) is 0 Å². The van der Waals surface area contributed by atoms with Crippen LogP contribution in [0.4, 0.5) is 11.4 Å². The van der Waals surface area contributed by atoms with Gasteiger partial charge in [0.1, 0.15) is 17.2 Å². The van der Waals surface area contributed by atoms with Crippen LogP contribution < -0.4 is 4.74 Å². The Bertz CT molecular complexity index is 563. The number of hydrogen-bond donors (Lipinski definition) is 1. The summed E-state index contributed by atoms with van der Waals surface area (Å²) in [6.07, 6.45) is 0. The predicted molar refractivity (Wildman–Crippen MR) is 70.0 cm³/mol. The van der Waals surface area contributed by atoms with E-state index >= 15 is 0 Å². The third kappa shape index (κ3) is 2.85. The second-order valence-corrected chi connectivity index (χ2v) is 3.89. The molecule has 0 heterocycles. The summed E-state index contributed by atoms with van der Waals surface area (Å²) in [6.45, 7) is 2.01. The van der Waals surface area contributed by atoms with E-state index in [-0.39, 0.29) is 5.75 Å². The van der Waals surface area contributed by atoms with Gasteiger partial charge >= 0.3 is 0 Å². The first-order chi connectivity index (χ1) is 8.69. The maximum absolute atomic E-state index is 9.71. The number of aryl methyl sites for hydroxylation is 1. The third-order valence-electron chi connectivity index (χ3n) is 2.49. The van der Waals surface area contributed by atoms with Crippen molar-refractivity contribution in [2.75, 3.05) is 7.11 Å². The van der Waals surface area contributed by atoms with Crippen LogP contribution in [0.2, 0.25) is 0 Å². The van der Waals surface area contributed by atoms with Gasteiger partial charge in [-0.25, -0.2) is 0 Å². The number of nitrogens with zero attached hydrogens (tertiary/aromatic N) is 2. The molecule has 0 aliphatic rings. The van der Waals surface area contributed by atoms with Crippen LogP contribution in [0.1, 0.15) is 5.56 Å². The quantitative estimate of drug-likeness (QED) is 0.823. The number of hydrogen-bond acceptors (Lipinski definition) is 4. The molecule has 0 atom stereocenters. The fraction of sp³-hybridized carbons (Fsp3) is 0.143. The minimum atomic E-state index is 0.0465. The van der Waals surface area contributed by atoms with Gasteiger partial charge in [-0.05, 0) is 31.2 Å². The topological polar surface area (TPSA) is 54.2 Å². The fourth-order valence-corrected chi connectivity index (χ4v) is 1.44. The lowest BCUT2D eigenvalue weighted by atomic mass is 10.2. The van der Waals surface area contributed by atoms with Gasteiger partial charge in [0.05, 0.1) is 12.8 Å². The van der Waals surface area contributed by atoms with Crippen LogP contribution in [0, 0.1) is 6.92 Å². The number of phenols is 1. The Balaban J connectivity index is 2.20. The molecule has 0 unspecified atom stereocenters. The maximum Gasteiger partial charge on any atom is 0.146 e. The Labute approximate surface area is 106 Å². The molecule has 0 aromatic heterocycles. The van der Waals surface area contributed by atoms with Gasteiger partial charge in [-0.1, -0.05) is 17.7 Å². The average Bonchev–Trinajstić information content (AvgIpc) is 2.39. The largest absolute Gasteiger partial charge is 0.505 e. The molecule has 0 fully saturated rings. The Morgan fingerprint density at radius 2 is 1.72 bits per heavy atom. The summed E-state index contributed by atoms with van der Waals surface area (Å²) < 4.78 is 4.99. The molecule has 2 aromatic rings. The van der Waals surface area contributed by atoms with Crippen LogP contribution in [0.5, 0.6) is 11.5 Å². The van der Waals surface area contributed by atoms with Crippen molar-refractivity contribution < 1.29 is 9.84 Å². The molecule has 1 N–H and O–H groups in total. The number of aromatic hydroxyl groups is 1. The van der Waals surface area contributed by atoms with Crippen LogP contribution in [0.3, 0.4) is 0 Å². The zero-order valence-corrected chi connectivity index (χ0v) is 10.3. The van der Waals surface area contributed by atoms with Gasteiger partial charge < -0.3 is 9.84 Å². The number of phenolic OH excluding ortho intramolecular Hbond substituents is 1. The van der Waals surface area contributed by atoms with E-state index in [0.29, 0.717) is 11.4 Å². The van der Waals surface area contributed by atoms with Crippen LogP contribution >= 0.6 is 0 Å². The van der Waals surface area contributed by atoms with Crippen molar-refractivity contribution in [3.05, 3.63) is 48.0 Å². The first-order valence-corrected chi connectivity index (χ1v) is 5.54. The van der Waals surface area contributed by atoms with E-state index in [9.17, 15) is 5.11 Å². The molecule has 0 aliphatic carbocycles. The Morgan fingerprint density at radius 1 is 1.00 bits per heavy atom. The lowest BCUT2D eigenvalue weighted by Gasteiger charge is -2.01. The van der Waals surface area contributed by atoms with Crippen molar-refractivity contribution >= 4 is 11.4 Å². The smallest absolute Gasteiger partial charge is 0.146 e. The van der Waals surface area contributed by atoms with Crippen molar-refractivity contribution in [1.82, 2.24) is 0 Å². The Morgan fingerprint density at radius 3 is 2.33 bits per heavy atom. The molecule has 0 saturated heterocycles. The van der Waals surface area contributed by atoms with Crippen molar-refractivity contribution in [2.45, 2.75) is 6.92 Å². The number of ether oxygens (including phenoxy) is 1. The van der Waals surface area contributed by atoms with Gasteiger partial charge in [-0.2, -0.15) is 5.11 Å². The lowest BCUT2D eigenvalue weighted by Crippen LogP contribution is -1.80. The lowest BCUT2D eigenvalue weighted by molar-refractivity contribution is 0.408. The summed E-state index contributed by atoms with van der Waals surface area (Å²) in [7, 11) is 1.54. The van der Waals surface area contributed by atoms with Crippen LogP contribution in [-0.4, -0.2) is 12.2 Å². The molecule has 2 aromatic carbocycles. The van der Waals surface area contributed by atoms with E-state index < -0.39 is 0 Å². The summed E-state index contributed by atoms with van der Waals surface area (Å²) in [6, 6.07) is 12.6. The summed E-state index contributed by atoms with van der Waals surface area (Å²) in [5, 5.41) is 17.8. The zero-order chi connectivity index (χ0) is 13.0. The second-order valence-electron chi connectivity index (χ2n) is 3.89. The average molecular weight is 242 g/mol. The summed E-state index contributed by atoms with van der Waals surface area (Å²) in [4.78, 5) is 0. The summed E-state index contributed by atoms with van der Waals surface area (Å²) in [5.74, 6) is 0.631. The van der Waals surface area contributed by atoms with Gasteiger partial charge in [0, 0.05) is 6.07 Å². The van der Waals surface area contributed by atoms with E-state index in [1.807, 2.05) is 31.2 Å². The molecule has 18 heavy (non-hydrogen) atoms. The molecule has 0 bridgehead atoms. The van der Waals surface area contributed by atoms with Gasteiger partial charge in [0.2, 0.25) is 0 Å². The maximum atomic E-state index is 9.71. The molecule has 0 saturated carbocycles. The number of azo groups is 1. The molecule has 0 amide bonds. The first kappa shape index (κ1) is 12.1. The SMILES string of the molecule is COc1ccc(N=Nc2ccc(C)cc2)c(O)c1. The summed E-state index contributed by atoms with van der Waals surface area (Å²) in [5.41, 5.74) is 2.33. The van der Waals surface area contributed by atoms with E-state index in [1.54, 1.807) is 19.2 Å². The van der Waals surface area contributed by atoms with Crippen LogP contribution in [0.15, 0.2) is 52.7 Å². The van der Waals surface area contributed by atoms with Crippen molar-refractivity contribution in [2.24, 2.45) is 10.2 Å². The second kappa shape index (κ2) is 5.31. The Kier molecular flexibility index (Phi) is 3.57. The molecule has 2 rings (SSSR count). The highest BCUT2D eigenvalue weighted by atomic mass is 16.5. The summed E-state index contributed by atoms with van der Waals surface area (Å²) >= 11 is 0. The van der Waals surface area contributed by atoms with E-state index in [0.717, 1.165) is 5.69 Å². The van der Waals surface area contributed by atoms with E-state index in [1.165, 1.54) is 11.6 Å². The minimum absolute atomic E-state index is 0.0465. The first-order valence-electron chi connectivity index (χ1n) is 5.54. The number of methoxy groups -OCH3 is 1. The molecule has 92 valence electrons. The van der Waals surface area contributed by atoms with Crippen LogP contribution in [0.25, 0.3) is 0 Å². The van der Waals surface area contributed by atoms with Gasteiger partial charge in [-0.3, -0.25) is 0 Å². The minimum Gasteiger partial charge on any atom is -0.505 e. The molecule has 4 nitrogen and oxygen atoms in total. The fourth-order valence-electron chi connectivity index (χ4n) is 1.44. The third-order valence-corrected chi connectivity index (χ3v) is 2.49. The standard InChI is InChI=1S/C14H14N2O2/c1-10-3-5-11(6-4-10)15-16-13-8-7-12(18-2)9-14(13)17/h3-9,17H,1-2H3. The highest BCUT2D eigenvalue weighted by Crippen LogP contribution is 2.31. The van der Waals surface area contributed by atoms with Crippen LogP contribution in [-0.2, 0) is 0 Å². The molecule has 0 radical (unpaired) electrons. The zero-order valence-electron chi connectivity index (χ0n) is 10.3. The molecular weight excluding hydrogens is 228 g/mol. The molecule has 0 aliphatic heterocycles. The highest BCUT2D eigenvalue weighted by Gasteiger charge is 2.01. The molecule has 4 heteroatoms. The van der Waals surface area contributed by atoms with Crippen molar-refractivity contribution in [3.8, 4) is 11.5 Å². The predicted octanol–water partition coefficient (Wildman–Crippen LogP) is 4.12. The monoisotopic (exact) mass is 242 g/mol. The molecular formula is C14H14N2O2. The van der Waals surface area contributed by atoms with Gasteiger partial charge in [0.25, 0.3) is 0 Å².